The van der Waals surface area contributed by atoms with Gasteiger partial charge in [-0.15, -0.1) is 11.3 Å². The number of carbonyl (C=O) groups excluding carboxylic acids is 1. The lowest BCUT2D eigenvalue weighted by atomic mass is 9.80. The monoisotopic (exact) mass is 423 g/mol. The summed E-state index contributed by atoms with van der Waals surface area (Å²) < 4.78 is 1.01. The molecule has 1 aliphatic rings. The number of nitrogens with one attached hydrogen (secondary N) is 1. The fraction of sp³-hybridized carbons (Fsp3) is 0.278. The van der Waals surface area contributed by atoms with Crippen LogP contribution in [0.1, 0.15) is 33.9 Å². The van der Waals surface area contributed by atoms with Crippen molar-refractivity contribution in [2.24, 2.45) is 0 Å². The Labute approximate surface area is 148 Å². The third kappa shape index (κ3) is 3.13. The van der Waals surface area contributed by atoms with Crippen LogP contribution in [0.2, 0.25) is 0 Å². The van der Waals surface area contributed by atoms with Gasteiger partial charge >= 0.3 is 0 Å². The predicted molar refractivity (Wildman–Crippen MR) is 101 cm³/mol. The normalized spacial score (nSPS) is 20.2. The van der Waals surface area contributed by atoms with E-state index in [0.29, 0.717) is 5.92 Å². The van der Waals surface area contributed by atoms with Crippen LogP contribution >= 0.6 is 33.9 Å². The highest BCUT2D eigenvalue weighted by Gasteiger charge is 2.30. The van der Waals surface area contributed by atoms with Gasteiger partial charge in [-0.2, -0.15) is 0 Å². The van der Waals surface area contributed by atoms with E-state index >= 15 is 0 Å². The molecule has 1 aromatic carbocycles. The second kappa shape index (κ2) is 6.96. The SMILES string of the molecule is C=CC(=O)N[C@H]1Cc2ccsc2[C@@H](c2ccccc2CI)C1. The molecule has 2 aromatic rings. The number of amides is 1. The molecule has 0 radical (unpaired) electrons. The Morgan fingerprint density at radius 1 is 1.41 bits per heavy atom. The Morgan fingerprint density at radius 2 is 2.23 bits per heavy atom. The molecule has 0 unspecified atom stereocenters. The van der Waals surface area contributed by atoms with Crippen LogP contribution in [0.4, 0.5) is 0 Å². The minimum absolute atomic E-state index is 0.0791. The second-order valence-electron chi connectivity index (χ2n) is 5.54. The predicted octanol–water partition coefficient (Wildman–Crippen LogP) is 4.43. The van der Waals surface area contributed by atoms with Gasteiger partial charge in [0, 0.05) is 21.3 Å². The highest BCUT2D eigenvalue weighted by molar-refractivity contribution is 14.1. The van der Waals surface area contributed by atoms with Crippen molar-refractivity contribution in [3.05, 3.63) is 69.9 Å². The van der Waals surface area contributed by atoms with E-state index in [9.17, 15) is 4.79 Å². The minimum atomic E-state index is -0.0791. The zero-order valence-corrected chi connectivity index (χ0v) is 15.2. The summed E-state index contributed by atoms with van der Waals surface area (Å²) in [6, 6.07) is 11.0. The Balaban J connectivity index is 1.96. The maximum Gasteiger partial charge on any atom is 0.243 e. The van der Waals surface area contributed by atoms with Crippen molar-refractivity contribution in [3.8, 4) is 0 Å². The molecule has 2 atom stereocenters. The molecule has 1 N–H and O–H groups in total. The van der Waals surface area contributed by atoms with Crippen molar-refractivity contribution in [2.45, 2.75) is 29.2 Å². The summed E-state index contributed by atoms with van der Waals surface area (Å²) in [5, 5.41) is 5.25. The summed E-state index contributed by atoms with van der Waals surface area (Å²) >= 11 is 4.26. The molecule has 1 amide bonds. The number of carbonyl (C=O) groups is 1. The number of benzene rings is 1. The number of halogens is 1. The molecule has 0 saturated carbocycles. The number of rotatable bonds is 4. The molecule has 1 aromatic heterocycles. The van der Waals surface area contributed by atoms with Gasteiger partial charge < -0.3 is 5.32 Å². The molecule has 22 heavy (non-hydrogen) atoms. The fourth-order valence-corrected chi connectivity index (χ4v) is 4.96. The van der Waals surface area contributed by atoms with Crippen LogP contribution in [0, 0.1) is 0 Å². The zero-order valence-electron chi connectivity index (χ0n) is 12.2. The summed E-state index contributed by atoms with van der Waals surface area (Å²) in [5.74, 6) is 0.300. The van der Waals surface area contributed by atoms with Crippen LogP contribution in [-0.4, -0.2) is 11.9 Å². The lowest BCUT2D eigenvalue weighted by Gasteiger charge is -2.31. The summed E-state index contributed by atoms with van der Waals surface area (Å²) in [7, 11) is 0. The van der Waals surface area contributed by atoms with Crippen molar-refractivity contribution in [3.63, 3.8) is 0 Å². The first-order valence-corrected chi connectivity index (χ1v) is 9.76. The van der Waals surface area contributed by atoms with E-state index in [-0.39, 0.29) is 11.9 Å². The molecule has 3 rings (SSSR count). The third-order valence-electron chi connectivity index (χ3n) is 4.19. The Kier molecular flexibility index (Phi) is 4.98. The second-order valence-corrected chi connectivity index (χ2v) is 7.26. The van der Waals surface area contributed by atoms with Crippen molar-refractivity contribution in [1.29, 1.82) is 0 Å². The number of fused-ring (bicyclic) bond motifs is 1. The quantitative estimate of drug-likeness (QED) is 0.440. The highest BCUT2D eigenvalue weighted by atomic mass is 127. The van der Waals surface area contributed by atoms with Gasteiger partial charge in [-0.1, -0.05) is 53.4 Å². The first-order chi connectivity index (χ1) is 10.7. The third-order valence-corrected chi connectivity index (χ3v) is 6.08. The van der Waals surface area contributed by atoms with Crippen LogP contribution in [0.3, 0.4) is 0 Å². The number of alkyl halides is 1. The van der Waals surface area contributed by atoms with E-state index in [1.807, 2.05) is 11.3 Å². The van der Waals surface area contributed by atoms with Crippen molar-refractivity contribution in [2.75, 3.05) is 0 Å². The van der Waals surface area contributed by atoms with E-state index in [1.165, 1.54) is 27.6 Å². The first kappa shape index (κ1) is 15.7. The topological polar surface area (TPSA) is 29.1 Å². The summed E-state index contributed by atoms with van der Waals surface area (Å²) in [6.45, 7) is 3.55. The lowest BCUT2D eigenvalue weighted by molar-refractivity contribution is -0.117. The molecular formula is C18H18INOS. The van der Waals surface area contributed by atoms with Gasteiger partial charge in [0.1, 0.15) is 0 Å². The molecule has 0 bridgehead atoms. The van der Waals surface area contributed by atoms with Crippen LogP contribution in [-0.2, 0) is 15.6 Å². The maximum atomic E-state index is 11.7. The average molecular weight is 423 g/mol. The molecule has 1 heterocycles. The molecule has 114 valence electrons. The fourth-order valence-electron chi connectivity index (χ4n) is 3.20. The molecule has 0 saturated heterocycles. The first-order valence-electron chi connectivity index (χ1n) is 7.36. The van der Waals surface area contributed by atoms with Gasteiger partial charge in [-0.3, -0.25) is 4.79 Å². The van der Waals surface area contributed by atoms with Crippen molar-refractivity contribution < 1.29 is 4.79 Å². The van der Waals surface area contributed by atoms with Gasteiger partial charge in [-0.25, -0.2) is 0 Å². The van der Waals surface area contributed by atoms with Crippen LogP contribution < -0.4 is 5.32 Å². The Morgan fingerprint density at radius 3 is 3.00 bits per heavy atom. The Hall–Kier alpha value is -1.14. The zero-order chi connectivity index (χ0) is 15.5. The molecular weight excluding hydrogens is 405 g/mol. The van der Waals surface area contributed by atoms with Gasteiger partial charge in [-0.05, 0) is 47.1 Å². The summed E-state index contributed by atoms with van der Waals surface area (Å²) in [4.78, 5) is 13.1. The maximum absolute atomic E-state index is 11.7. The lowest BCUT2D eigenvalue weighted by Crippen LogP contribution is -2.39. The van der Waals surface area contributed by atoms with Crippen molar-refractivity contribution >= 4 is 39.8 Å². The summed E-state index contributed by atoms with van der Waals surface area (Å²) in [6.07, 6.45) is 3.24. The van der Waals surface area contributed by atoms with Gasteiger partial charge in [0.25, 0.3) is 0 Å². The van der Waals surface area contributed by atoms with E-state index in [4.69, 9.17) is 0 Å². The largest absolute Gasteiger partial charge is 0.349 e. The van der Waals surface area contributed by atoms with Crippen molar-refractivity contribution in [1.82, 2.24) is 5.32 Å². The van der Waals surface area contributed by atoms with E-state index in [2.05, 4.69) is 70.2 Å². The molecule has 0 fully saturated rings. The van der Waals surface area contributed by atoms with Crippen LogP contribution in [0.15, 0.2) is 48.4 Å². The molecule has 0 spiro atoms. The summed E-state index contributed by atoms with van der Waals surface area (Å²) in [5.41, 5.74) is 4.17. The van der Waals surface area contributed by atoms with Crippen LogP contribution in [0.25, 0.3) is 0 Å². The van der Waals surface area contributed by atoms with E-state index in [0.717, 1.165) is 17.3 Å². The standard InChI is InChI=1S/C18H18INOS/c1-2-17(21)20-14-9-12-7-8-22-18(12)16(10-14)15-6-4-3-5-13(15)11-19/h2-8,14,16H,1,9-11H2,(H,20,21)/t14-,16+/m0/s1. The number of thiophene rings is 1. The molecule has 2 nitrogen and oxygen atoms in total. The molecule has 4 heteroatoms. The molecule has 1 aliphatic carbocycles. The Bertz CT molecular complexity index is 694. The van der Waals surface area contributed by atoms with Gasteiger partial charge in [0.2, 0.25) is 5.91 Å². The smallest absolute Gasteiger partial charge is 0.243 e. The van der Waals surface area contributed by atoms with E-state index < -0.39 is 0 Å². The number of hydrogen-bond acceptors (Lipinski definition) is 2. The van der Waals surface area contributed by atoms with Crippen LogP contribution in [0.5, 0.6) is 0 Å². The van der Waals surface area contributed by atoms with Gasteiger partial charge in [0.05, 0.1) is 0 Å². The highest BCUT2D eigenvalue weighted by Crippen LogP contribution is 2.41. The number of hydrogen-bond donors (Lipinski definition) is 1. The average Bonchev–Trinajstić information content (AvgIpc) is 3.02. The minimum Gasteiger partial charge on any atom is -0.349 e. The van der Waals surface area contributed by atoms with Gasteiger partial charge in [0.15, 0.2) is 0 Å². The molecule has 0 aliphatic heterocycles. The van der Waals surface area contributed by atoms with E-state index in [1.54, 1.807) is 0 Å².